The molecular weight excluding hydrogens is 152 g/mol. The Morgan fingerprint density at radius 1 is 1.27 bits per heavy atom. The lowest BCUT2D eigenvalue weighted by molar-refractivity contribution is 0.271. The van der Waals surface area contributed by atoms with E-state index >= 15 is 0 Å². The summed E-state index contributed by atoms with van der Waals surface area (Å²) in [6.45, 7) is 7.88. The Bertz CT molecular complexity index is 129. The van der Waals surface area contributed by atoms with Crippen molar-refractivity contribution in [3.63, 3.8) is 0 Å². The SMILES string of the molecule is C#COCCCC[Si](C)(C)C. The lowest BCUT2D eigenvalue weighted by atomic mass is 10.4. The summed E-state index contributed by atoms with van der Waals surface area (Å²) in [7, 11) is -0.825. The molecule has 0 spiro atoms. The van der Waals surface area contributed by atoms with Gasteiger partial charge in [-0.2, -0.15) is 0 Å². The van der Waals surface area contributed by atoms with Crippen LogP contribution in [0.3, 0.4) is 0 Å². The number of rotatable bonds is 5. The summed E-state index contributed by atoms with van der Waals surface area (Å²) in [4.78, 5) is 0. The van der Waals surface area contributed by atoms with Gasteiger partial charge in [-0.1, -0.05) is 38.5 Å². The van der Waals surface area contributed by atoms with Crippen molar-refractivity contribution in [2.45, 2.75) is 38.5 Å². The molecule has 0 aromatic carbocycles. The summed E-state index contributed by atoms with van der Waals surface area (Å²) in [5.74, 6) is 0. The van der Waals surface area contributed by atoms with Gasteiger partial charge in [0, 0.05) is 8.07 Å². The predicted octanol–water partition coefficient (Wildman–Crippen LogP) is 2.71. The topological polar surface area (TPSA) is 9.23 Å². The zero-order chi connectivity index (χ0) is 8.74. The fourth-order valence-corrected chi connectivity index (χ4v) is 2.20. The van der Waals surface area contributed by atoms with Crippen molar-refractivity contribution in [1.82, 2.24) is 0 Å². The highest BCUT2D eigenvalue weighted by atomic mass is 28.3. The van der Waals surface area contributed by atoms with Gasteiger partial charge in [-0.15, -0.1) is 0 Å². The molecule has 2 heteroatoms. The molecular formula is C9H18OSi. The number of hydrogen-bond acceptors (Lipinski definition) is 1. The highest BCUT2D eigenvalue weighted by Crippen LogP contribution is 2.12. The monoisotopic (exact) mass is 170 g/mol. The second-order valence-corrected chi connectivity index (χ2v) is 9.61. The molecule has 0 aromatic rings. The van der Waals surface area contributed by atoms with Crippen molar-refractivity contribution in [2.75, 3.05) is 6.61 Å². The average Bonchev–Trinajstić information content (AvgIpc) is 1.85. The molecule has 0 rings (SSSR count). The first kappa shape index (κ1) is 10.6. The zero-order valence-corrected chi connectivity index (χ0v) is 8.81. The molecule has 0 bridgehead atoms. The molecule has 0 radical (unpaired) electrons. The molecule has 11 heavy (non-hydrogen) atoms. The molecule has 0 aromatic heterocycles. The van der Waals surface area contributed by atoms with Crippen LogP contribution in [0.15, 0.2) is 0 Å². The maximum absolute atomic E-state index is 4.93. The van der Waals surface area contributed by atoms with E-state index in [4.69, 9.17) is 11.2 Å². The third kappa shape index (κ3) is 9.58. The van der Waals surface area contributed by atoms with Crippen LogP contribution in [-0.2, 0) is 4.74 Å². The first-order valence-corrected chi connectivity index (χ1v) is 7.84. The van der Waals surface area contributed by atoms with Crippen LogP contribution in [0, 0.1) is 12.5 Å². The quantitative estimate of drug-likeness (QED) is 0.350. The molecule has 0 atom stereocenters. The molecule has 0 heterocycles. The Labute approximate surface area is 71.2 Å². The molecule has 64 valence electrons. The first-order chi connectivity index (χ1) is 5.06. The molecule has 0 N–H and O–H groups in total. The Hall–Kier alpha value is -0.423. The number of unbranched alkanes of at least 4 members (excludes halogenated alkanes) is 1. The van der Waals surface area contributed by atoms with Gasteiger partial charge in [0.1, 0.15) is 6.11 Å². The summed E-state index contributed by atoms with van der Waals surface area (Å²) in [6.07, 6.45) is 9.48. The molecule has 0 aliphatic rings. The molecule has 0 fully saturated rings. The standard InChI is InChI=1S/C9H18OSi/c1-5-10-8-6-7-9-11(2,3)4/h1H,6-9H2,2-4H3. The first-order valence-electron chi connectivity index (χ1n) is 4.14. The summed E-state index contributed by atoms with van der Waals surface area (Å²) >= 11 is 0. The lowest BCUT2D eigenvalue weighted by Gasteiger charge is -2.14. The molecule has 0 saturated heterocycles. The molecule has 0 unspecified atom stereocenters. The maximum Gasteiger partial charge on any atom is 0.106 e. The van der Waals surface area contributed by atoms with Crippen molar-refractivity contribution in [3.05, 3.63) is 0 Å². The highest BCUT2D eigenvalue weighted by Gasteiger charge is 2.11. The van der Waals surface area contributed by atoms with Gasteiger partial charge in [-0.25, -0.2) is 0 Å². The van der Waals surface area contributed by atoms with Gasteiger partial charge in [0.25, 0.3) is 0 Å². The highest BCUT2D eigenvalue weighted by molar-refractivity contribution is 6.76. The van der Waals surface area contributed by atoms with E-state index in [0.29, 0.717) is 0 Å². The van der Waals surface area contributed by atoms with E-state index in [1.54, 1.807) is 0 Å². The number of ether oxygens (including phenoxy) is 1. The van der Waals surface area contributed by atoms with Crippen molar-refractivity contribution >= 4 is 8.07 Å². The van der Waals surface area contributed by atoms with Crippen LogP contribution in [0.2, 0.25) is 25.7 Å². The van der Waals surface area contributed by atoms with Gasteiger partial charge in [-0.05, 0) is 6.42 Å². The van der Waals surface area contributed by atoms with Gasteiger partial charge in [0.05, 0.1) is 6.61 Å². The smallest absolute Gasteiger partial charge is 0.106 e. The molecule has 0 saturated carbocycles. The van der Waals surface area contributed by atoms with Gasteiger partial charge in [0.15, 0.2) is 0 Å². The van der Waals surface area contributed by atoms with E-state index in [-0.39, 0.29) is 0 Å². The van der Waals surface area contributed by atoms with E-state index in [9.17, 15) is 0 Å². The fraction of sp³-hybridized carbons (Fsp3) is 0.778. The second kappa shape index (κ2) is 5.26. The van der Waals surface area contributed by atoms with E-state index < -0.39 is 8.07 Å². The van der Waals surface area contributed by atoms with Crippen LogP contribution in [0.4, 0.5) is 0 Å². The summed E-state index contributed by atoms with van der Waals surface area (Å²) in [5.41, 5.74) is 0. The predicted molar refractivity (Wildman–Crippen MR) is 52.2 cm³/mol. The average molecular weight is 170 g/mol. The molecule has 0 aliphatic carbocycles. The third-order valence-electron chi connectivity index (χ3n) is 1.51. The van der Waals surface area contributed by atoms with Crippen molar-refractivity contribution in [1.29, 1.82) is 0 Å². The Morgan fingerprint density at radius 3 is 2.36 bits per heavy atom. The minimum Gasteiger partial charge on any atom is -0.447 e. The van der Waals surface area contributed by atoms with Gasteiger partial charge in [0.2, 0.25) is 0 Å². The minimum absolute atomic E-state index is 0.723. The lowest BCUT2D eigenvalue weighted by Crippen LogP contribution is -2.18. The molecule has 0 amide bonds. The van der Waals surface area contributed by atoms with Gasteiger partial charge < -0.3 is 4.74 Å². The fourth-order valence-electron chi connectivity index (χ4n) is 0.888. The second-order valence-electron chi connectivity index (χ2n) is 3.98. The van der Waals surface area contributed by atoms with Crippen LogP contribution < -0.4 is 0 Å². The zero-order valence-electron chi connectivity index (χ0n) is 7.81. The van der Waals surface area contributed by atoms with Crippen LogP contribution in [0.5, 0.6) is 0 Å². The van der Waals surface area contributed by atoms with Crippen LogP contribution in [-0.4, -0.2) is 14.7 Å². The normalized spacial score (nSPS) is 10.7. The Morgan fingerprint density at radius 2 is 1.91 bits per heavy atom. The summed E-state index contributed by atoms with van der Waals surface area (Å²) in [5, 5.41) is 0. The van der Waals surface area contributed by atoms with Crippen LogP contribution in [0.1, 0.15) is 12.8 Å². The third-order valence-corrected chi connectivity index (χ3v) is 3.36. The minimum atomic E-state index is -0.825. The van der Waals surface area contributed by atoms with E-state index in [0.717, 1.165) is 13.0 Å². The largest absolute Gasteiger partial charge is 0.447 e. The maximum atomic E-state index is 4.93. The Balaban J connectivity index is 3.10. The van der Waals surface area contributed by atoms with E-state index in [1.165, 1.54) is 12.5 Å². The Kier molecular flexibility index (Phi) is 5.05. The number of hydrogen-bond donors (Lipinski definition) is 0. The van der Waals surface area contributed by atoms with E-state index in [1.807, 2.05) is 0 Å². The molecule has 0 aliphatic heterocycles. The van der Waals surface area contributed by atoms with Crippen molar-refractivity contribution in [3.8, 4) is 12.5 Å². The van der Waals surface area contributed by atoms with E-state index in [2.05, 4.69) is 25.7 Å². The summed E-state index contributed by atoms with van der Waals surface area (Å²) < 4.78 is 4.79. The van der Waals surface area contributed by atoms with Crippen molar-refractivity contribution < 1.29 is 4.74 Å². The van der Waals surface area contributed by atoms with Gasteiger partial charge in [-0.3, -0.25) is 0 Å². The van der Waals surface area contributed by atoms with Gasteiger partial charge >= 0.3 is 0 Å². The molecule has 1 nitrogen and oxygen atoms in total. The summed E-state index contributed by atoms with van der Waals surface area (Å²) in [6, 6.07) is 1.38. The van der Waals surface area contributed by atoms with Crippen LogP contribution in [0.25, 0.3) is 0 Å². The van der Waals surface area contributed by atoms with Crippen molar-refractivity contribution in [2.24, 2.45) is 0 Å². The number of terminal acetylenes is 1. The van der Waals surface area contributed by atoms with Crippen LogP contribution >= 0.6 is 0 Å².